The van der Waals surface area contributed by atoms with Crippen molar-refractivity contribution >= 4 is 17.6 Å². The Kier molecular flexibility index (Phi) is 4.96. The van der Waals surface area contributed by atoms with Gasteiger partial charge in [-0.3, -0.25) is 9.89 Å². The normalized spacial score (nSPS) is 19.2. The first-order valence-corrected chi connectivity index (χ1v) is 11.5. The third-order valence-electron chi connectivity index (χ3n) is 7.18. The Balaban J connectivity index is 1.44. The summed E-state index contributed by atoms with van der Waals surface area (Å²) in [5.41, 5.74) is 5.94. The first kappa shape index (κ1) is 20.0. The predicted octanol–water partition coefficient (Wildman–Crippen LogP) is 3.95. The van der Waals surface area contributed by atoms with Crippen molar-refractivity contribution in [1.82, 2.24) is 15.1 Å². The lowest BCUT2D eigenvalue weighted by molar-refractivity contribution is -0.128. The van der Waals surface area contributed by atoms with Gasteiger partial charge in [0, 0.05) is 30.4 Å². The van der Waals surface area contributed by atoms with Crippen LogP contribution in [0.15, 0.2) is 53.9 Å². The summed E-state index contributed by atoms with van der Waals surface area (Å²) >= 11 is 0. The first-order chi connectivity index (χ1) is 14.9. The molecule has 1 saturated heterocycles. The zero-order chi connectivity index (χ0) is 21.6. The molecule has 4 heteroatoms. The molecule has 1 fully saturated rings. The number of amides is 1. The number of benzene rings is 1. The van der Waals surface area contributed by atoms with Crippen molar-refractivity contribution < 1.29 is 4.79 Å². The summed E-state index contributed by atoms with van der Waals surface area (Å²) < 4.78 is 0. The molecule has 4 nitrogen and oxygen atoms in total. The molecule has 1 N–H and O–H groups in total. The fourth-order valence-corrected chi connectivity index (χ4v) is 5.22. The maximum absolute atomic E-state index is 13.3. The summed E-state index contributed by atoms with van der Waals surface area (Å²) in [4.78, 5) is 15.4. The SMILES string of the molecule is CC(C)(C)C1CCN(C(=O)C2=CC3=c4ccc(-c5cn[nH]c5)cc4=CCCC3=C2)CC1. The van der Waals surface area contributed by atoms with Gasteiger partial charge in [-0.2, -0.15) is 5.10 Å². The third-order valence-corrected chi connectivity index (χ3v) is 7.18. The molecule has 0 unspecified atom stereocenters. The van der Waals surface area contributed by atoms with Gasteiger partial charge >= 0.3 is 0 Å². The Hall–Kier alpha value is -2.88. The highest BCUT2D eigenvalue weighted by Gasteiger charge is 2.32. The molecule has 2 aromatic rings. The molecule has 0 spiro atoms. The van der Waals surface area contributed by atoms with Gasteiger partial charge in [-0.15, -0.1) is 0 Å². The number of piperidine rings is 1. The molecule has 160 valence electrons. The van der Waals surface area contributed by atoms with Crippen LogP contribution in [0.3, 0.4) is 0 Å². The number of fused-ring (bicyclic) bond motifs is 2. The number of carbonyl (C=O) groups excluding carboxylic acids is 1. The Morgan fingerprint density at radius 2 is 1.94 bits per heavy atom. The minimum Gasteiger partial charge on any atom is -0.339 e. The van der Waals surface area contributed by atoms with Crippen molar-refractivity contribution in [1.29, 1.82) is 0 Å². The second kappa shape index (κ2) is 7.67. The Morgan fingerprint density at radius 3 is 2.65 bits per heavy atom. The maximum Gasteiger partial charge on any atom is 0.253 e. The van der Waals surface area contributed by atoms with Gasteiger partial charge in [0.2, 0.25) is 0 Å². The summed E-state index contributed by atoms with van der Waals surface area (Å²) in [6, 6.07) is 6.58. The van der Waals surface area contributed by atoms with Gasteiger partial charge in [0.05, 0.1) is 6.20 Å². The van der Waals surface area contributed by atoms with Crippen molar-refractivity contribution in [2.45, 2.75) is 46.5 Å². The van der Waals surface area contributed by atoms with Crippen LogP contribution in [0, 0.1) is 11.3 Å². The molecule has 0 saturated carbocycles. The van der Waals surface area contributed by atoms with Crippen LogP contribution in [-0.4, -0.2) is 34.1 Å². The molecule has 0 radical (unpaired) electrons. The van der Waals surface area contributed by atoms with E-state index in [1.54, 1.807) is 0 Å². The molecule has 31 heavy (non-hydrogen) atoms. The minimum absolute atomic E-state index is 0.195. The van der Waals surface area contributed by atoms with E-state index in [0.717, 1.165) is 55.5 Å². The molecule has 1 amide bonds. The molecule has 1 aromatic heterocycles. The first-order valence-electron chi connectivity index (χ1n) is 11.5. The number of H-pyrrole nitrogens is 1. The lowest BCUT2D eigenvalue weighted by Crippen LogP contribution is -2.41. The van der Waals surface area contributed by atoms with E-state index in [-0.39, 0.29) is 5.91 Å². The summed E-state index contributed by atoms with van der Waals surface area (Å²) in [7, 11) is 0. The summed E-state index contributed by atoms with van der Waals surface area (Å²) in [5.74, 6) is 0.890. The second-order valence-electron chi connectivity index (χ2n) is 10.1. The van der Waals surface area contributed by atoms with E-state index in [1.165, 1.54) is 21.6 Å². The maximum atomic E-state index is 13.3. The fourth-order valence-electron chi connectivity index (χ4n) is 5.22. The van der Waals surface area contributed by atoms with E-state index < -0.39 is 0 Å². The van der Waals surface area contributed by atoms with E-state index >= 15 is 0 Å². The van der Waals surface area contributed by atoms with Crippen molar-refractivity contribution in [2.24, 2.45) is 11.3 Å². The lowest BCUT2D eigenvalue weighted by Gasteiger charge is -2.38. The molecule has 0 bridgehead atoms. The standard InChI is InChI=1S/C27H31N3O/c1-27(2,3)23-9-11-30(12-10-23)26(31)21-14-20-6-4-5-19-13-18(22-16-28-29-17-22)7-8-24(19)25(20)15-21/h5,7-8,13-17,23H,4,6,9-12H2,1-3H3,(H,28,29). The summed E-state index contributed by atoms with van der Waals surface area (Å²) in [6.07, 6.45) is 14.5. The number of nitrogens with zero attached hydrogens (tertiary/aromatic N) is 2. The van der Waals surface area contributed by atoms with Crippen LogP contribution in [0.1, 0.15) is 46.5 Å². The monoisotopic (exact) mass is 413 g/mol. The van der Waals surface area contributed by atoms with Gasteiger partial charge in [0.1, 0.15) is 0 Å². The number of likely N-dealkylation sites (tertiary alicyclic amines) is 1. The molecule has 2 heterocycles. The zero-order valence-electron chi connectivity index (χ0n) is 18.7. The third kappa shape index (κ3) is 3.80. The molecule has 1 aliphatic heterocycles. The smallest absolute Gasteiger partial charge is 0.253 e. The van der Waals surface area contributed by atoms with Gasteiger partial charge in [0.15, 0.2) is 0 Å². The van der Waals surface area contributed by atoms with E-state index in [9.17, 15) is 4.79 Å². The van der Waals surface area contributed by atoms with Crippen molar-refractivity contribution in [3.63, 3.8) is 0 Å². The predicted molar refractivity (Wildman–Crippen MR) is 125 cm³/mol. The number of aromatic amines is 1. The van der Waals surface area contributed by atoms with Crippen molar-refractivity contribution in [3.8, 4) is 11.1 Å². The van der Waals surface area contributed by atoms with Crippen LogP contribution in [0.5, 0.6) is 0 Å². The quantitative estimate of drug-likeness (QED) is 0.810. The topological polar surface area (TPSA) is 49.0 Å². The molecule has 0 atom stereocenters. The second-order valence-corrected chi connectivity index (χ2v) is 10.1. The lowest BCUT2D eigenvalue weighted by atomic mass is 9.75. The molecule has 2 aliphatic carbocycles. The largest absolute Gasteiger partial charge is 0.339 e. The number of aromatic nitrogens is 2. The number of nitrogens with one attached hydrogen (secondary N) is 1. The van der Waals surface area contributed by atoms with Crippen LogP contribution in [0.4, 0.5) is 0 Å². The van der Waals surface area contributed by atoms with Crippen molar-refractivity contribution in [2.75, 3.05) is 13.1 Å². The molecule has 1 aromatic carbocycles. The summed E-state index contributed by atoms with van der Waals surface area (Å²) in [6.45, 7) is 8.69. The van der Waals surface area contributed by atoms with E-state index in [1.807, 2.05) is 12.4 Å². The average molecular weight is 414 g/mol. The van der Waals surface area contributed by atoms with Gasteiger partial charge < -0.3 is 4.90 Å². The molecule has 3 aliphatic rings. The minimum atomic E-state index is 0.195. The van der Waals surface area contributed by atoms with Crippen molar-refractivity contribution in [3.05, 3.63) is 64.3 Å². The fraction of sp³-hybridized carbons (Fsp3) is 0.407. The highest BCUT2D eigenvalue weighted by Crippen LogP contribution is 2.35. The Morgan fingerprint density at radius 1 is 1.13 bits per heavy atom. The summed E-state index contributed by atoms with van der Waals surface area (Å²) in [5, 5.41) is 9.44. The van der Waals surface area contributed by atoms with Gasteiger partial charge in [-0.25, -0.2) is 0 Å². The van der Waals surface area contributed by atoms with Crippen LogP contribution in [0.25, 0.3) is 22.8 Å². The van der Waals surface area contributed by atoms with E-state index in [4.69, 9.17) is 0 Å². The highest BCUT2D eigenvalue weighted by atomic mass is 16.2. The van der Waals surface area contributed by atoms with E-state index in [0.29, 0.717) is 11.3 Å². The van der Waals surface area contributed by atoms with Crippen LogP contribution < -0.4 is 10.4 Å². The van der Waals surface area contributed by atoms with Crippen LogP contribution in [0.2, 0.25) is 0 Å². The van der Waals surface area contributed by atoms with Crippen LogP contribution in [-0.2, 0) is 4.79 Å². The Labute approximate surface area is 184 Å². The Bertz CT molecular complexity index is 1180. The van der Waals surface area contributed by atoms with Gasteiger partial charge in [-0.1, -0.05) is 39.0 Å². The van der Waals surface area contributed by atoms with E-state index in [2.05, 4.69) is 72.3 Å². The van der Waals surface area contributed by atoms with Crippen LogP contribution >= 0.6 is 0 Å². The zero-order valence-corrected chi connectivity index (χ0v) is 18.7. The number of rotatable bonds is 2. The molecule has 5 rings (SSSR count). The number of hydrogen-bond acceptors (Lipinski definition) is 2. The molecular formula is C27H31N3O. The highest BCUT2D eigenvalue weighted by molar-refractivity contribution is 6.02. The molecular weight excluding hydrogens is 382 g/mol. The van der Waals surface area contributed by atoms with Gasteiger partial charge in [0.25, 0.3) is 5.91 Å². The average Bonchev–Trinajstić information content (AvgIpc) is 3.40. The number of carbonyl (C=O) groups is 1. The van der Waals surface area contributed by atoms with Gasteiger partial charge in [-0.05, 0) is 82.4 Å². The number of allylic oxidation sites excluding steroid dienone is 2. The number of hydrogen-bond donors (Lipinski definition) is 1.